The van der Waals surface area contributed by atoms with Gasteiger partial charge in [0.2, 0.25) is 0 Å². The van der Waals surface area contributed by atoms with Gasteiger partial charge in [-0.2, -0.15) is 0 Å². The fraction of sp³-hybridized carbons (Fsp3) is 0.0909. The Bertz CT molecular complexity index is 1070. The molecule has 2 aliphatic heterocycles. The van der Waals surface area contributed by atoms with Gasteiger partial charge in [-0.05, 0) is 54.1 Å². The summed E-state index contributed by atoms with van der Waals surface area (Å²) in [5, 5.41) is 6.18. The van der Waals surface area contributed by atoms with Crippen LogP contribution in [0, 0.1) is 0 Å². The maximum Gasteiger partial charge on any atom is 0.255 e. The lowest BCUT2D eigenvalue weighted by atomic mass is 10.1. The summed E-state index contributed by atoms with van der Waals surface area (Å²) in [6.45, 7) is 1.79. The minimum absolute atomic E-state index is 0.114. The Morgan fingerprint density at radius 2 is 1.75 bits per heavy atom. The van der Waals surface area contributed by atoms with Crippen molar-refractivity contribution >= 4 is 34.2 Å². The molecule has 138 valence electrons. The van der Waals surface area contributed by atoms with Crippen LogP contribution in [0.1, 0.15) is 15.9 Å². The zero-order valence-electron chi connectivity index (χ0n) is 15.1. The van der Waals surface area contributed by atoms with Crippen molar-refractivity contribution in [3.05, 3.63) is 89.6 Å². The van der Waals surface area contributed by atoms with E-state index in [-0.39, 0.29) is 5.91 Å². The normalized spacial score (nSPS) is 15.2. The third kappa shape index (κ3) is 3.12. The van der Waals surface area contributed by atoms with E-state index in [4.69, 9.17) is 0 Å². The van der Waals surface area contributed by atoms with Crippen LogP contribution in [-0.4, -0.2) is 33.6 Å². The summed E-state index contributed by atoms with van der Waals surface area (Å²) in [5.74, 6) is -0.114. The molecular formula is C22H18N4OS. The maximum atomic E-state index is 12.5. The van der Waals surface area contributed by atoms with Crippen LogP contribution in [0.25, 0.3) is 11.4 Å². The molecule has 1 amide bonds. The number of amidine groups is 1. The van der Waals surface area contributed by atoms with Crippen LogP contribution in [0.5, 0.6) is 0 Å². The third-order valence-corrected chi connectivity index (χ3v) is 5.74. The van der Waals surface area contributed by atoms with Crippen LogP contribution >= 0.6 is 11.8 Å². The molecule has 0 fully saturated rings. The quantitative estimate of drug-likeness (QED) is 0.721. The van der Waals surface area contributed by atoms with Crippen LogP contribution in [0.4, 0.5) is 5.69 Å². The molecule has 3 aromatic rings. The lowest BCUT2D eigenvalue weighted by molar-refractivity contribution is 0.102. The summed E-state index contributed by atoms with van der Waals surface area (Å²) < 4.78 is 2.01. The highest BCUT2D eigenvalue weighted by atomic mass is 32.2. The number of nitrogens with zero attached hydrogens (tertiary/aromatic N) is 3. The van der Waals surface area contributed by atoms with E-state index < -0.39 is 0 Å². The van der Waals surface area contributed by atoms with Gasteiger partial charge in [0.1, 0.15) is 0 Å². The Kier molecular flexibility index (Phi) is 4.25. The van der Waals surface area contributed by atoms with E-state index in [1.165, 1.54) is 5.70 Å². The molecule has 5 nitrogen and oxygen atoms in total. The molecule has 0 aliphatic carbocycles. The maximum absolute atomic E-state index is 12.5. The molecule has 2 aliphatic rings. The second-order valence-corrected chi connectivity index (χ2v) is 7.44. The first-order valence-electron chi connectivity index (χ1n) is 9.12. The highest BCUT2D eigenvalue weighted by Gasteiger charge is 2.26. The Hall–Kier alpha value is -3.25. The summed E-state index contributed by atoms with van der Waals surface area (Å²) in [4.78, 5) is 19.3. The summed E-state index contributed by atoms with van der Waals surface area (Å²) in [7, 11) is 0. The van der Waals surface area contributed by atoms with Crippen LogP contribution in [0.2, 0.25) is 0 Å². The Morgan fingerprint density at radius 1 is 1.00 bits per heavy atom. The van der Waals surface area contributed by atoms with Gasteiger partial charge in [0.15, 0.2) is 5.17 Å². The molecular weight excluding hydrogens is 368 g/mol. The van der Waals surface area contributed by atoms with Crippen LogP contribution < -0.4 is 5.32 Å². The molecule has 2 aromatic carbocycles. The number of aromatic nitrogens is 1. The predicted molar refractivity (Wildman–Crippen MR) is 115 cm³/mol. The van der Waals surface area contributed by atoms with Gasteiger partial charge in [-0.25, -0.2) is 0 Å². The second-order valence-electron chi connectivity index (χ2n) is 6.61. The largest absolute Gasteiger partial charge is 0.324 e. The molecule has 0 bridgehead atoms. The summed E-state index contributed by atoms with van der Waals surface area (Å²) in [6, 6.07) is 19.5. The zero-order valence-corrected chi connectivity index (χ0v) is 15.9. The van der Waals surface area contributed by atoms with Gasteiger partial charge >= 0.3 is 0 Å². The molecule has 0 spiro atoms. The Morgan fingerprint density at radius 3 is 2.50 bits per heavy atom. The van der Waals surface area contributed by atoms with Gasteiger partial charge in [0, 0.05) is 41.3 Å². The number of rotatable bonds is 4. The Labute approximate surface area is 167 Å². The molecule has 1 N–H and O–H groups in total. The van der Waals surface area contributed by atoms with Crippen molar-refractivity contribution in [3.8, 4) is 5.69 Å². The highest BCUT2D eigenvalue weighted by Crippen LogP contribution is 2.35. The summed E-state index contributed by atoms with van der Waals surface area (Å²) in [5.41, 5.74) is 4.75. The van der Waals surface area contributed by atoms with Crippen molar-refractivity contribution in [2.45, 2.75) is 0 Å². The van der Waals surface area contributed by atoms with Crippen molar-refractivity contribution in [2.24, 2.45) is 4.99 Å². The molecule has 3 heterocycles. The predicted octanol–water partition coefficient (Wildman–Crippen LogP) is 4.45. The van der Waals surface area contributed by atoms with E-state index in [0.717, 1.165) is 35.2 Å². The lowest BCUT2D eigenvalue weighted by Gasteiger charge is -2.17. The molecule has 0 radical (unpaired) electrons. The van der Waals surface area contributed by atoms with Crippen LogP contribution in [-0.2, 0) is 0 Å². The van der Waals surface area contributed by atoms with Gasteiger partial charge in [-0.15, -0.1) is 0 Å². The average molecular weight is 386 g/mol. The second kappa shape index (κ2) is 7.05. The standard InChI is InChI=1S/C22H18N4OS/c27-21(17-5-9-19(10-6-17)25-12-1-2-13-25)24-18-7-3-16(4-8-18)20-15-28-22-23-11-14-26(20)22/h1-10,12-13,15H,11,14H2,(H,24,27). The average Bonchev–Trinajstić information content (AvgIpc) is 3.47. The number of fused-ring (bicyclic) bond motifs is 1. The number of anilines is 1. The van der Waals surface area contributed by atoms with E-state index in [0.29, 0.717) is 5.56 Å². The minimum atomic E-state index is -0.114. The van der Waals surface area contributed by atoms with Crippen molar-refractivity contribution in [3.63, 3.8) is 0 Å². The molecule has 0 atom stereocenters. The smallest absolute Gasteiger partial charge is 0.255 e. The van der Waals surface area contributed by atoms with E-state index in [1.54, 1.807) is 11.8 Å². The molecule has 28 heavy (non-hydrogen) atoms. The van der Waals surface area contributed by atoms with Crippen molar-refractivity contribution in [1.29, 1.82) is 0 Å². The molecule has 1 aromatic heterocycles. The first-order chi connectivity index (χ1) is 13.8. The van der Waals surface area contributed by atoms with Crippen molar-refractivity contribution in [2.75, 3.05) is 18.4 Å². The van der Waals surface area contributed by atoms with Gasteiger partial charge in [0.25, 0.3) is 5.91 Å². The van der Waals surface area contributed by atoms with E-state index in [1.807, 2.05) is 77.6 Å². The molecule has 0 saturated carbocycles. The molecule has 0 unspecified atom stereocenters. The summed E-state index contributed by atoms with van der Waals surface area (Å²) >= 11 is 1.67. The Balaban J connectivity index is 1.27. The molecule has 5 rings (SSSR count). The van der Waals surface area contributed by atoms with E-state index >= 15 is 0 Å². The van der Waals surface area contributed by atoms with Crippen LogP contribution in [0.3, 0.4) is 0 Å². The van der Waals surface area contributed by atoms with E-state index in [9.17, 15) is 4.79 Å². The van der Waals surface area contributed by atoms with Crippen molar-refractivity contribution < 1.29 is 4.79 Å². The topological polar surface area (TPSA) is 49.6 Å². The number of aliphatic imine (C=N–C) groups is 1. The summed E-state index contributed by atoms with van der Waals surface area (Å²) in [6.07, 6.45) is 3.96. The minimum Gasteiger partial charge on any atom is -0.324 e. The van der Waals surface area contributed by atoms with Gasteiger partial charge in [-0.1, -0.05) is 23.9 Å². The molecule has 0 saturated heterocycles. The number of hydrogen-bond donors (Lipinski definition) is 1. The fourth-order valence-electron chi connectivity index (χ4n) is 3.37. The molecule has 6 heteroatoms. The first kappa shape index (κ1) is 16.9. The van der Waals surface area contributed by atoms with Gasteiger partial charge in [-0.3, -0.25) is 9.79 Å². The number of benzene rings is 2. The van der Waals surface area contributed by atoms with Gasteiger partial charge < -0.3 is 14.8 Å². The SMILES string of the molecule is O=C(Nc1ccc(C2=CSC3=NCCN23)cc1)c1ccc(-n2cccc2)cc1. The first-order valence-corrected chi connectivity index (χ1v) is 10.00. The fourth-order valence-corrected chi connectivity index (χ4v) is 4.33. The number of carbonyl (C=O) groups excluding carboxylic acids is 1. The van der Waals surface area contributed by atoms with Crippen molar-refractivity contribution in [1.82, 2.24) is 9.47 Å². The van der Waals surface area contributed by atoms with E-state index in [2.05, 4.69) is 20.6 Å². The number of hydrogen-bond acceptors (Lipinski definition) is 4. The lowest BCUT2D eigenvalue weighted by Crippen LogP contribution is -2.19. The third-order valence-electron chi connectivity index (χ3n) is 4.84. The number of thioether (sulfide) groups is 1. The number of nitrogens with one attached hydrogen (secondary N) is 1. The van der Waals surface area contributed by atoms with Gasteiger partial charge in [0.05, 0.1) is 12.2 Å². The monoisotopic (exact) mass is 386 g/mol. The number of amides is 1. The van der Waals surface area contributed by atoms with Crippen LogP contribution in [0.15, 0.2) is 83.5 Å². The zero-order chi connectivity index (χ0) is 18.9. The highest BCUT2D eigenvalue weighted by molar-refractivity contribution is 8.16. The number of carbonyl (C=O) groups is 1.